The Morgan fingerprint density at radius 2 is 1.88 bits per heavy atom. The average Bonchev–Trinajstić information content (AvgIpc) is 3.21. The SMILES string of the molecule is COC(=O)c1sc(C#CC(C)C)cc1N(C(C)=O)C1(CC(=O)N2CCNCC2)CCCCC1. The minimum Gasteiger partial charge on any atom is -0.465 e. The number of nitrogens with zero attached hydrogens (tertiary/aromatic N) is 2. The van der Waals surface area contributed by atoms with Gasteiger partial charge in [0.25, 0.3) is 0 Å². The molecule has 0 spiro atoms. The summed E-state index contributed by atoms with van der Waals surface area (Å²) >= 11 is 1.24. The van der Waals surface area contributed by atoms with Gasteiger partial charge in [-0.1, -0.05) is 45.0 Å². The highest BCUT2D eigenvalue weighted by Gasteiger charge is 2.44. The molecule has 33 heavy (non-hydrogen) atoms. The lowest BCUT2D eigenvalue weighted by molar-refractivity contribution is -0.133. The summed E-state index contributed by atoms with van der Waals surface area (Å²) in [6.07, 6.45) is 4.68. The maximum atomic E-state index is 13.3. The van der Waals surface area contributed by atoms with Gasteiger partial charge in [0.15, 0.2) is 0 Å². The van der Waals surface area contributed by atoms with Crippen LogP contribution >= 0.6 is 11.3 Å². The van der Waals surface area contributed by atoms with Gasteiger partial charge in [-0.15, -0.1) is 11.3 Å². The summed E-state index contributed by atoms with van der Waals surface area (Å²) in [4.78, 5) is 43.9. The van der Waals surface area contributed by atoms with E-state index in [0.29, 0.717) is 28.5 Å². The van der Waals surface area contributed by atoms with E-state index in [9.17, 15) is 14.4 Å². The zero-order valence-electron chi connectivity index (χ0n) is 20.2. The molecule has 1 saturated carbocycles. The number of carbonyl (C=O) groups is 3. The van der Waals surface area contributed by atoms with Crippen LogP contribution in [0.15, 0.2) is 6.07 Å². The van der Waals surface area contributed by atoms with Crippen molar-refractivity contribution >= 4 is 34.8 Å². The smallest absolute Gasteiger partial charge is 0.350 e. The highest BCUT2D eigenvalue weighted by molar-refractivity contribution is 7.15. The Morgan fingerprint density at radius 1 is 1.21 bits per heavy atom. The highest BCUT2D eigenvalue weighted by atomic mass is 32.1. The summed E-state index contributed by atoms with van der Waals surface area (Å²) in [7, 11) is 1.34. The third-order valence-corrected chi connectivity index (χ3v) is 7.35. The minimum absolute atomic E-state index is 0.0688. The van der Waals surface area contributed by atoms with Gasteiger partial charge in [-0.3, -0.25) is 9.59 Å². The number of nitrogens with one attached hydrogen (secondary N) is 1. The van der Waals surface area contributed by atoms with Crippen molar-refractivity contribution in [1.29, 1.82) is 0 Å². The molecule has 0 radical (unpaired) electrons. The zero-order chi connectivity index (χ0) is 24.0. The number of amides is 2. The van der Waals surface area contributed by atoms with Gasteiger partial charge in [-0.25, -0.2) is 4.79 Å². The predicted octanol–water partition coefficient (Wildman–Crippen LogP) is 3.42. The molecule has 1 aliphatic carbocycles. The van der Waals surface area contributed by atoms with Gasteiger partial charge < -0.3 is 19.9 Å². The molecule has 0 bridgehead atoms. The number of piperazine rings is 1. The van der Waals surface area contributed by atoms with Crippen LogP contribution in [-0.2, 0) is 14.3 Å². The molecule has 2 aliphatic rings. The number of thiophene rings is 1. The Balaban J connectivity index is 2.05. The first-order valence-corrected chi connectivity index (χ1v) is 12.6. The fraction of sp³-hybridized carbons (Fsp3) is 0.640. The molecule has 3 rings (SSSR count). The predicted molar refractivity (Wildman–Crippen MR) is 130 cm³/mol. The molecule has 1 aromatic heterocycles. The molecule has 2 fully saturated rings. The van der Waals surface area contributed by atoms with Crippen LogP contribution in [-0.4, -0.2) is 61.5 Å². The van der Waals surface area contributed by atoms with Gasteiger partial charge in [0.05, 0.1) is 29.6 Å². The van der Waals surface area contributed by atoms with Crippen LogP contribution in [0.3, 0.4) is 0 Å². The van der Waals surface area contributed by atoms with E-state index in [0.717, 1.165) is 45.2 Å². The number of carbonyl (C=O) groups excluding carboxylic acids is 3. The van der Waals surface area contributed by atoms with E-state index < -0.39 is 11.5 Å². The third kappa shape index (κ3) is 5.96. The average molecular weight is 474 g/mol. The van der Waals surface area contributed by atoms with Crippen molar-refractivity contribution in [2.75, 3.05) is 38.2 Å². The van der Waals surface area contributed by atoms with E-state index in [4.69, 9.17) is 4.74 Å². The molecule has 1 saturated heterocycles. The molecule has 1 N–H and O–H groups in total. The summed E-state index contributed by atoms with van der Waals surface area (Å²) in [5, 5.41) is 3.28. The molecule has 2 amide bonds. The maximum absolute atomic E-state index is 13.3. The van der Waals surface area contributed by atoms with Crippen molar-refractivity contribution in [3.63, 3.8) is 0 Å². The van der Waals surface area contributed by atoms with Crippen LogP contribution < -0.4 is 10.2 Å². The Bertz CT molecular complexity index is 931. The molecule has 0 atom stereocenters. The lowest BCUT2D eigenvalue weighted by atomic mass is 9.77. The van der Waals surface area contributed by atoms with Crippen molar-refractivity contribution in [3.05, 3.63) is 15.8 Å². The van der Waals surface area contributed by atoms with Crippen molar-refractivity contribution in [2.24, 2.45) is 5.92 Å². The maximum Gasteiger partial charge on any atom is 0.350 e. The number of methoxy groups -OCH3 is 1. The molecule has 0 unspecified atom stereocenters. The molecule has 8 heteroatoms. The van der Waals surface area contributed by atoms with Crippen molar-refractivity contribution in [2.45, 2.75) is 64.8 Å². The van der Waals surface area contributed by atoms with E-state index in [-0.39, 0.29) is 24.2 Å². The topological polar surface area (TPSA) is 79.0 Å². The number of ether oxygens (including phenoxy) is 1. The van der Waals surface area contributed by atoms with Gasteiger partial charge >= 0.3 is 5.97 Å². The molecular formula is C25H35N3O4S. The molecule has 1 aliphatic heterocycles. The van der Waals surface area contributed by atoms with Crippen LogP contribution in [0.25, 0.3) is 0 Å². The van der Waals surface area contributed by atoms with Crippen LogP contribution in [0.2, 0.25) is 0 Å². The summed E-state index contributed by atoms with van der Waals surface area (Å²) in [6, 6.07) is 1.82. The number of hydrogen-bond donors (Lipinski definition) is 1. The fourth-order valence-corrected chi connectivity index (χ4v) is 5.74. The molecule has 7 nitrogen and oxygen atoms in total. The lowest BCUT2D eigenvalue weighted by Gasteiger charge is -2.46. The van der Waals surface area contributed by atoms with Crippen molar-refractivity contribution < 1.29 is 19.1 Å². The zero-order valence-corrected chi connectivity index (χ0v) is 21.0. The summed E-state index contributed by atoms with van der Waals surface area (Å²) < 4.78 is 5.05. The monoisotopic (exact) mass is 473 g/mol. The Kier molecular flexibility index (Phi) is 8.55. The van der Waals surface area contributed by atoms with Crippen molar-refractivity contribution in [1.82, 2.24) is 10.2 Å². The number of hydrogen-bond acceptors (Lipinski definition) is 6. The minimum atomic E-state index is -0.654. The number of esters is 1. The quantitative estimate of drug-likeness (QED) is 0.524. The summed E-state index contributed by atoms with van der Waals surface area (Å²) in [6.45, 7) is 8.44. The lowest BCUT2D eigenvalue weighted by Crippen LogP contribution is -2.57. The van der Waals surface area contributed by atoms with E-state index in [1.807, 2.05) is 24.8 Å². The van der Waals surface area contributed by atoms with Gasteiger partial charge in [0.1, 0.15) is 4.88 Å². The standard InChI is InChI=1S/C25H35N3O4S/c1-18(2)8-9-20-16-21(23(33-20)24(31)32-4)28(19(3)29)25(10-6-5-7-11-25)17-22(30)27-14-12-26-13-15-27/h16,18,26H,5-7,10-15,17H2,1-4H3. The molecule has 0 aromatic carbocycles. The summed E-state index contributed by atoms with van der Waals surface area (Å²) in [5.41, 5.74) is -0.138. The number of anilines is 1. The van der Waals surface area contributed by atoms with E-state index in [1.165, 1.54) is 25.4 Å². The van der Waals surface area contributed by atoms with Crippen LogP contribution in [0.4, 0.5) is 5.69 Å². The molecule has 2 heterocycles. The van der Waals surface area contributed by atoms with Gasteiger partial charge in [-0.2, -0.15) is 0 Å². The second-order valence-corrected chi connectivity index (χ2v) is 10.2. The fourth-order valence-electron chi connectivity index (χ4n) is 4.82. The Hall–Kier alpha value is -2.37. The van der Waals surface area contributed by atoms with Crippen LogP contribution in [0.5, 0.6) is 0 Å². The number of rotatable bonds is 5. The van der Waals surface area contributed by atoms with E-state index in [1.54, 1.807) is 4.90 Å². The Labute approximate surface area is 200 Å². The second-order valence-electron chi connectivity index (χ2n) is 9.19. The first-order valence-electron chi connectivity index (χ1n) is 11.8. The second kappa shape index (κ2) is 11.2. The largest absolute Gasteiger partial charge is 0.465 e. The van der Waals surface area contributed by atoms with Gasteiger partial charge in [0.2, 0.25) is 11.8 Å². The molecule has 180 valence electrons. The van der Waals surface area contributed by atoms with E-state index >= 15 is 0 Å². The summed E-state index contributed by atoms with van der Waals surface area (Å²) in [5.74, 6) is 5.85. The first kappa shape index (κ1) is 25.3. The van der Waals surface area contributed by atoms with Crippen LogP contribution in [0.1, 0.15) is 73.8 Å². The molecular weight excluding hydrogens is 438 g/mol. The van der Waals surface area contributed by atoms with Crippen molar-refractivity contribution in [3.8, 4) is 11.8 Å². The van der Waals surface area contributed by atoms with Crippen LogP contribution in [0, 0.1) is 17.8 Å². The highest BCUT2D eigenvalue weighted by Crippen LogP contribution is 2.43. The molecule has 1 aromatic rings. The Morgan fingerprint density at radius 3 is 2.45 bits per heavy atom. The van der Waals surface area contributed by atoms with Gasteiger partial charge in [0, 0.05) is 39.0 Å². The van der Waals surface area contributed by atoms with Gasteiger partial charge in [-0.05, 0) is 18.9 Å². The normalized spacial score (nSPS) is 17.8. The first-order chi connectivity index (χ1) is 15.8. The third-order valence-electron chi connectivity index (χ3n) is 6.33. The van der Waals surface area contributed by atoms with E-state index in [2.05, 4.69) is 17.2 Å².